The molecule has 0 saturated carbocycles. The third-order valence-corrected chi connectivity index (χ3v) is 3.80. The summed E-state index contributed by atoms with van der Waals surface area (Å²) in [5.74, 6) is -0.161. The second-order valence-corrected chi connectivity index (χ2v) is 5.64. The Labute approximate surface area is 125 Å². The number of hydrogen-bond donors (Lipinski definition) is 1. The van der Waals surface area contributed by atoms with E-state index in [4.69, 9.17) is 0 Å². The number of fused-ring (bicyclic) bond motifs is 1. The number of pyridine rings is 1. The molecule has 0 radical (unpaired) electrons. The lowest BCUT2D eigenvalue weighted by molar-refractivity contribution is 0.102. The second kappa shape index (κ2) is 5.14. The monoisotopic (exact) mass is 350 g/mol. The van der Waals surface area contributed by atoms with Crippen molar-refractivity contribution < 1.29 is 4.79 Å². The molecule has 0 aromatic carbocycles. The number of anilines is 1. The van der Waals surface area contributed by atoms with Crippen molar-refractivity contribution in [1.29, 1.82) is 0 Å². The van der Waals surface area contributed by atoms with E-state index < -0.39 is 11.5 Å². The van der Waals surface area contributed by atoms with E-state index in [2.05, 4.69) is 31.2 Å². The maximum Gasteiger partial charge on any atom is 0.271 e. The highest BCUT2D eigenvalue weighted by Gasteiger charge is 2.14. The normalized spacial score (nSPS) is 10.7. The highest BCUT2D eigenvalue weighted by Crippen LogP contribution is 2.11. The fraction of sp³-hybridized carbons (Fsp3) is 0. The molecule has 0 saturated heterocycles. The maximum absolute atomic E-state index is 12.1. The second-order valence-electron chi connectivity index (χ2n) is 3.85. The molecule has 0 spiro atoms. The number of carbonyl (C=O) groups is 1. The molecule has 0 unspecified atom stereocenters. The number of hydrogen-bond acceptors (Lipinski definition) is 5. The van der Waals surface area contributed by atoms with Gasteiger partial charge in [0.05, 0.1) is 0 Å². The van der Waals surface area contributed by atoms with Crippen molar-refractivity contribution in [3.63, 3.8) is 0 Å². The molecule has 0 aliphatic carbocycles. The van der Waals surface area contributed by atoms with Gasteiger partial charge in [-0.1, -0.05) is 0 Å². The fourth-order valence-corrected chi connectivity index (χ4v) is 2.52. The Balaban J connectivity index is 1.94. The van der Waals surface area contributed by atoms with Crippen LogP contribution in [0.1, 0.15) is 10.4 Å². The van der Waals surface area contributed by atoms with Crippen LogP contribution in [0.4, 0.5) is 5.82 Å². The van der Waals surface area contributed by atoms with Crippen LogP contribution in [0.25, 0.3) is 4.96 Å². The van der Waals surface area contributed by atoms with Gasteiger partial charge in [0.1, 0.15) is 11.4 Å². The number of thiazole rings is 1. The first kappa shape index (κ1) is 12.9. The Bertz CT molecular complexity index is 841. The number of carbonyl (C=O) groups excluding carboxylic acids is 1. The van der Waals surface area contributed by atoms with Gasteiger partial charge in [-0.3, -0.25) is 14.0 Å². The summed E-state index contributed by atoms with van der Waals surface area (Å²) < 4.78 is 2.14. The van der Waals surface area contributed by atoms with Crippen molar-refractivity contribution in [3.05, 3.63) is 56.5 Å². The topological polar surface area (TPSA) is 76.4 Å². The van der Waals surface area contributed by atoms with Crippen molar-refractivity contribution in [2.75, 3.05) is 5.32 Å². The molecule has 0 aliphatic heterocycles. The lowest BCUT2D eigenvalue weighted by atomic mass is 10.3. The van der Waals surface area contributed by atoms with Crippen molar-refractivity contribution in [2.45, 2.75) is 0 Å². The van der Waals surface area contributed by atoms with Crippen LogP contribution < -0.4 is 10.9 Å². The van der Waals surface area contributed by atoms with Crippen LogP contribution in [0.5, 0.6) is 0 Å². The third-order valence-electron chi connectivity index (χ3n) is 2.56. The van der Waals surface area contributed by atoms with E-state index in [9.17, 15) is 9.59 Å². The average Bonchev–Trinajstić information content (AvgIpc) is 2.91. The first-order valence-electron chi connectivity index (χ1n) is 5.53. The molecule has 0 atom stereocenters. The number of rotatable bonds is 2. The minimum atomic E-state index is -0.530. The molecule has 0 fully saturated rings. The van der Waals surface area contributed by atoms with Gasteiger partial charge in [-0.25, -0.2) is 9.97 Å². The van der Waals surface area contributed by atoms with Gasteiger partial charge in [-0.15, -0.1) is 11.3 Å². The molecule has 0 aliphatic rings. The summed E-state index contributed by atoms with van der Waals surface area (Å²) in [5.41, 5.74) is -0.420. The van der Waals surface area contributed by atoms with Crippen LogP contribution in [0.3, 0.4) is 0 Å². The third kappa shape index (κ3) is 2.35. The molecule has 1 N–H and O–H groups in total. The summed E-state index contributed by atoms with van der Waals surface area (Å²) in [6.07, 6.45) is 4.43. The van der Waals surface area contributed by atoms with E-state index in [0.29, 0.717) is 10.8 Å². The summed E-state index contributed by atoms with van der Waals surface area (Å²) >= 11 is 4.58. The molecule has 6 nitrogen and oxygen atoms in total. The van der Waals surface area contributed by atoms with Gasteiger partial charge in [0.15, 0.2) is 4.96 Å². The Morgan fingerprint density at radius 2 is 2.15 bits per heavy atom. The van der Waals surface area contributed by atoms with Crippen molar-refractivity contribution in [1.82, 2.24) is 14.4 Å². The molecule has 3 rings (SSSR count). The minimum absolute atomic E-state index is 0.0226. The lowest BCUT2D eigenvalue weighted by Crippen LogP contribution is -2.26. The minimum Gasteiger partial charge on any atom is -0.306 e. The van der Waals surface area contributed by atoms with Crippen LogP contribution in [-0.4, -0.2) is 20.3 Å². The zero-order valence-corrected chi connectivity index (χ0v) is 12.3. The van der Waals surface area contributed by atoms with E-state index in [1.54, 1.807) is 29.9 Å². The van der Waals surface area contributed by atoms with Crippen LogP contribution in [0.2, 0.25) is 0 Å². The summed E-state index contributed by atoms with van der Waals surface area (Å²) in [6, 6.07) is 3.38. The molecule has 3 aromatic rings. The van der Waals surface area contributed by atoms with Gasteiger partial charge in [0.2, 0.25) is 0 Å². The predicted octanol–water partition coefficient (Wildman–Crippen LogP) is 2.17. The number of nitrogens with one attached hydrogen (secondary N) is 1. The van der Waals surface area contributed by atoms with Gasteiger partial charge >= 0.3 is 0 Å². The molecule has 1 amide bonds. The molecule has 3 aromatic heterocycles. The van der Waals surface area contributed by atoms with E-state index in [1.807, 2.05) is 0 Å². The number of aromatic nitrogens is 3. The largest absolute Gasteiger partial charge is 0.306 e. The average molecular weight is 351 g/mol. The van der Waals surface area contributed by atoms with Gasteiger partial charge in [-0.05, 0) is 28.1 Å². The highest BCUT2D eigenvalue weighted by molar-refractivity contribution is 9.10. The van der Waals surface area contributed by atoms with Crippen molar-refractivity contribution in [2.24, 2.45) is 0 Å². The molecule has 3 heterocycles. The van der Waals surface area contributed by atoms with Gasteiger partial charge in [0.25, 0.3) is 11.5 Å². The number of nitrogens with zero attached hydrogens (tertiary/aromatic N) is 3. The van der Waals surface area contributed by atoms with E-state index in [1.165, 1.54) is 21.9 Å². The highest BCUT2D eigenvalue weighted by atomic mass is 79.9. The van der Waals surface area contributed by atoms with Gasteiger partial charge in [-0.2, -0.15) is 0 Å². The summed E-state index contributed by atoms with van der Waals surface area (Å²) in [5, 5.41) is 4.30. The molecule has 100 valence electrons. The summed E-state index contributed by atoms with van der Waals surface area (Å²) in [6.45, 7) is 0. The maximum atomic E-state index is 12.1. The van der Waals surface area contributed by atoms with E-state index >= 15 is 0 Å². The Morgan fingerprint density at radius 3 is 2.90 bits per heavy atom. The van der Waals surface area contributed by atoms with Gasteiger partial charge in [0, 0.05) is 28.4 Å². The number of halogens is 1. The first-order valence-corrected chi connectivity index (χ1v) is 7.20. The Hall–Kier alpha value is -2.06. The van der Waals surface area contributed by atoms with Gasteiger partial charge < -0.3 is 5.32 Å². The zero-order valence-electron chi connectivity index (χ0n) is 9.91. The molecule has 0 bridgehead atoms. The smallest absolute Gasteiger partial charge is 0.271 e. The molecule has 20 heavy (non-hydrogen) atoms. The van der Waals surface area contributed by atoms with Crippen LogP contribution in [-0.2, 0) is 0 Å². The SMILES string of the molecule is O=C(Nc1ccc(Br)cn1)c1cnc2sccn2c1=O. The van der Waals surface area contributed by atoms with Crippen LogP contribution in [0.15, 0.2) is 45.4 Å². The van der Waals surface area contributed by atoms with Crippen molar-refractivity contribution in [3.8, 4) is 0 Å². The van der Waals surface area contributed by atoms with Crippen molar-refractivity contribution >= 4 is 44.0 Å². The quantitative estimate of drug-likeness (QED) is 0.768. The van der Waals surface area contributed by atoms with Crippen LogP contribution >= 0.6 is 27.3 Å². The Morgan fingerprint density at radius 1 is 1.30 bits per heavy atom. The molecule has 8 heteroatoms. The summed E-state index contributed by atoms with van der Waals surface area (Å²) in [7, 11) is 0. The number of amides is 1. The molecular formula is C12H7BrN4O2S. The molecular weight excluding hydrogens is 344 g/mol. The first-order chi connectivity index (χ1) is 9.65. The fourth-order valence-electron chi connectivity index (χ4n) is 1.61. The van der Waals surface area contributed by atoms with Crippen LogP contribution in [0, 0.1) is 0 Å². The van der Waals surface area contributed by atoms with E-state index in [0.717, 1.165) is 4.47 Å². The lowest BCUT2D eigenvalue weighted by Gasteiger charge is -2.03. The Kier molecular flexibility index (Phi) is 3.33. The standard InChI is InChI=1S/C12H7BrN4O2S/c13-7-1-2-9(14-5-7)16-10(18)8-6-15-12-17(11(8)19)3-4-20-12/h1-6H,(H,14,16,18). The van der Waals surface area contributed by atoms with E-state index in [-0.39, 0.29) is 5.56 Å². The summed E-state index contributed by atoms with van der Waals surface area (Å²) in [4.78, 5) is 32.8. The zero-order chi connectivity index (χ0) is 14.1. The predicted molar refractivity (Wildman–Crippen MR) is 79.2 cm³/mol.